The maximum atomic E-state index is 6.39. The monoisotopic (exact) mass is 293 g/mol. The third-order valence-corrected chi connectivity index (χ3v) is 5.75. The molecule has 0 saturated heterocycles. The van der Waals surface area contributed by atoms with Gasteiger partial charge in [-0.3, -0.25) is 4.68 Å². The summed E-state index contributed by atoms with van der Waals surface area (Å²) < 4.78 is 1.98. The minimum Gasteiger partial charge on any atom is -0.320 e. The van der Waals surface area contributed by atoms with Crippen molar-refractivity contribution in [2.45, 2.75) is 38.1 Å². The number of aryl methyl sites for hydroxylation is 2. The van der Waals surface area contributed by atoms with Crippen LogP contribution in [0.3, 0.4) is 0 Å². The van der Waals surface area contributed by atoms with Crippen LogP contribution < -0.4 is 5.73 Å². The fourth-order valence-electron chi connectivity index (χ4n) is 2.38. The Bertz CT molecular complexity index is 535. The molecule has 2 N–H and O–H groups in total. The average molecular weight is 293 g/mol. The van der Waals surface area contributed by atoms with Crippen molar-refractivity contribution in [2.75, 3.05) is 5.75 Å². The third kappa shape index (κ3) is 2.73. The number of nitrogens with zero attached hydrogens (tertiary/aromatic N) is 2. The van der Waals surface area contributed by atoms with Gasteiger partial charge in [0.25, 0.3) is 0 Å². The molecule has 3 rings (SSSR count). The van der Waals surface area contributed by atoms with Gasteiger partial charge >= 0.3 is 0 Å². The lowest BCUT2D eigenvalue weighted by atomic mass is 10.1. The molecule has 102 valence electrons. The Hall–Kier alpha value is -0.780. The molecule has 1 atom stereocenters. The van der Waals surface area contributed by atoms with E-state index in [1.165, 1.54) is 27.5 Å². The zero-order valence-corrected chi connectivity index (χ0v) is 12.8. The van der Waals surface area contributed by atoms with Crippen LogP contribution in [-0.4, -0.2) is 15.5 Å². The molecule has 0 radical (unpaired) electrons. The molecule has 0 aliphatic carbocycles. The van der Waals surface area contributed by atoms with Crippen LogP contribution in [0.1, 0.15) is 40.3 Å². The predicted molar refractivity (Wildman–Crippen MR) is 82.7 cm³/mol. The molecule has 0 amide bonds. The smallest absolute Gasteiger partial charge is 0.0677 e. The maximum Gasteiger partial charge on any atom is 0.0677 e. The topological polar surface area (TPSA) is 43.8 Å². The summed E-state index contributed by atoms with van der Waals surface area (Å²) in [4.78, 5) is 2.81. The third-order valence-electron chi connectivity index (χ3n) is 3.42. The summed E-state index contributed by atoms with van der Waals surface area (Å²) in [6, 6.07) is 2.28. The van der Waals surface area contributed by atoms with Crippen LogP contribution in [0.15, 0.2) is 18.5 Å². The number of nitrogens with two attached hydrogens (primary N) is 1. The highest BCUT2D eigenvalue weighted by Gasteiger charge is 2.19. The Balaban J connectivity index is 1.82. The van der Waals surface area contributed by atoms with Crippen LogP contribution >= 0.6 is 23.1 Å². The summed E-state index contributed by atoms with van der Waals surface area (Å²) in [6.45, 7) is 3.12. The Morgan fingerprint density at radius 1 is 1.53 bits per heavy atom. The standard InChI is InChI=1S/C14H19N3S2/c1-2-4-17-8-11(7-16-17)14(15)13-6-10-9-18-5-3-12(10)19-13/h6-8,14H,2-5,9,15H2,1H3. The summed E-state index contributed by atoms with van der Waals surface area (Å²) in [5.74, 6) is 2.39. The number of thioether (sulfide) groups is 1. The lowest BCUT2D eigenvalue weighted by molar-refractivity contribution is 0.602. The van der Waals surface area contributed by atoms with Gasteiger partial charge in [-0.25, -0.2) is 0 Å². The van der Waals surface area contributed by atoms with Crippen LogP contribution in [0, 0.1) is 0 Å². The Kier molecular flexibility index (Phi) is 3.96. The van der Waals surface area contributed by atoms with Crippen LogP contribution in [0.25, 0.3) is 0 Å². The quantitative estimate of drug-likeness (QED) is 0.941. The normalized spacial score (nSPS) is 16.3. The molecule has 0 spiro atoms. The van der Waals surface area contributed by atoms with E-state index >= 15 is 0 Å². The minimum atomic E-state index is -0.0220. The summed E-state index contributed by atoms with van der Waals surface area (Å²) in [5, 5.41) is 4.37. The molecule has 0 saturated carbocycles. The van der Waals surface area contributed by atoms with Gasteiger partial charge in [-0.2, -0.15) is 16.9 Å². The number of thiophene rings is 1. The molecule has 1 aliphatic rings. The Labute approximate surface area is 122 Å². The molecular formula is C14H19N3S2. The van der Waals surface area contributed by atoms with E-state index in [1.807, 2.05) is 34.0 Å². The summed E-state index contributed by atoms with van der Waals surface area (Å²) in [7, 11) is 0. The Morgan fingerprint density at radius 2 is 2.42 bits per heavy atom. The van der Waals surface area contributed by atoms with E-state index in [-0.39, 0.29) is 6.04 Å². The second-order valence-corrected chi connectivity index (χ2v) is 7.19. The number of rotatable bonds is 4. The lowest BCUT2D eigenvalue weighted by Crippen LogP contribution is -2.09. The molecule has 0 aromatic carbocycles. The van der Waals surface area contributed by atoms with Crippen LogP contribution in [0.2, 0.25) is 0 Å². The van der Waals surface area contributed by atoms with Gasteiger partial charge in [-0.1, -0.05) is 6.92 Å². The summed E-state index contributed by atoms with van der Waals surface area (Å²) >= 11 is 3.90. The van der Waals surface area contributed by atoms with Crippen LogP contribution in [0.5, 0.6) is 0 Å². The van der Waals surface area contributed by atoms with Crippen molar-refractivity contribution in [3.8, 4) is 0 Å². The highest BCUT2D eigenvalue weighted by molar-refractivity contribution is 7.98. The van der Waals surface area contributed by atoms with E-state index < -0.39 is 0 Å². The fourth-order valence-corrected chi connectivity index (χ4v) is 4.79. The highest BCUT2D eigenvalue weighted by Crippen LogP contribution is 2.35. The molecule has 3 heterocycles. The van der Waals surface area contributed by atoms with E-state index in [9.17, 15) is 0 Å². The molecular weight excluding hydrogens is 274 g/mol. The average Bonchev–Trinajstić information content (AvgIpc) is 3.04. The van der Waals surface area contributed by atoms with Gasteiger partial charge in [-0.05, 0) is 30.2 Å². The van der Waals surface area contributed by atoms with Gasteiger partial charge in [-0.15, -0.1) is 11.3 Å². The van der Waals surface area contributed by atoms with Gasteiger partial charge in [0.1, 0.15) is 0 Å². The van der Waals surface area contributed by atoms with E-state index in [1.54, 1.807) is 0 Å². The van der Waals surface area contributed by atoms with Crippen molar-refractivity contribution < 1.29 is 0 Å². The van der Waals surface area contributed by atoms with Gasteiger partial charge in [0.2, 0.25) is 0 Å². The fraction of sp³-hybridized carbons (Fsp3) is 0.500. The first-order valence-electron chi connectivity index (χ1n) is 6.75. The second-order valence-electron chi connectivity index (χ2n) is 4.91. The van der Waals surface area contributed by atoms with E-state index in [4.69, 9.17) is 5.73 Å². The number of hydrogen-bond donors (Lipinski definition) is 1. The van der Waals surface area contributed by atoms with Crippen molar-refractivity contribution >= 4 is 23.1 Å². The lowest BCUT2D eigenvalue weighted by Gasteiger charge is -2.08. The second kappa shape index (κ2) is 5.69. The van der Waals surface area contributed by atoms with Crippen molar-refractivity contribution in [3.05, 3.63) is 39.3 Å². The molecule has 5 heteroatoms. The van der Waals surface area contributed by atoms with E-state index in [2.05, 4.69) is 24.3 Å². The summed E-state index contributed by atoms with van der Waals surface area (Å²) in [6.07, 6.45) is 6.29. The minimum absolute atomic E-state index is 0.0220. The predicted octanol–water partition coefficient (Wildman–Crippen LogP) is 3.19. The van der Waals surface area contributed by atoms with E-state index in [0.717, 1.165) is 24.3 Å². The van der Waals surface area contributed by atoms with Gasteiger partial charge in [0, 0.05) is 33.8 Å². The number of hydrogen-bond acceptors (Lipinski definition) is 4. The zero-order valence-electron chi connectivity index (χ0n) is 11.1. The van der Waals surface area contributed by atoms with Gasteiger partial charge < -0.3 is 5.73 Å². The first-order valence-corrected chi connectivity index (χ1v) is 8.72. The summed E-state index contributed by atoms with van der Waals surface area (Å²) in [5.41, 5.74) is 9.01. The highest BCUT2D eigenvalue weighted by atomic mass is 32.2. The zero-order chi connectivity index (χ0) is 13.2. The molecule has 2 aromatic rings. The van der Waals surface area contributed by atoms with Gasteiger partial charge in [0.15, 0.2) is 0 Å². The molecule has 1 unspecified atom stereocenters. The molecule has 0 fully saturated rings. The maximum absolute atomic E-state index is 6.39. The number of fused-ring (bicyclic) bond motifs is 1. The van der Waals surface area contributed by atoms with Crippen LogP contribution in [-0.2, 0) is 18.7 Å². The molecule has 19 heavy (non-hydrogen) atoms. The largest absolute Gasteiger partial charge is 0.320 e. The SMILES string of the molecule is CCCn1cc(C(N)c2cc3c(s2)CCSC3)cn1. The van der Waals surface area contributed by atoms with Crippen molar-refractivity contribution in [1.29, 1.82) is 0 Å². The number of aromatic nitrogens is 2. The van der Waals surface area contributed by atoms with E-state index in [0.29, 0.717) is 0 Å². The van der Waals surface area contributed by atoms with Crippen LogP contribution in [0.4, 0.5) is 0 Å². The Morgan fingerprint density at radius 3 is 3.21 bits per heavy atom. The van der Waals surface area contributed by atoms with Crippen molar-refractivity contribution in [1.82, 2.24) is 9.78 Å². The molecule has 0 bridgehead atoms. The molecule has 1 aliphatic heterocycles. The first kappa shape index (κ1) is 13.2. The van der Waals surface area contributed by atoms with Gasteiger partial charge in [0.05, 0.1) is 12.2 Å². The molecule has 2 aromatic heterocycles. The van der Waals surface area contributed by atoms with Crippen molar-refractivity contribution in [3.63, 3.8) is 0 Å². The van der Waals surface area contributed by atoms with Crippen molar-refractivity contribution in [2.24, 2.45) is 5.73 Å². The molecule has 3 nitrogen and oxygen atoms in total. The first-order chi connectivity index (χ1) is 9.28.